The predicted octanol–water partition coefficient (Wildman–Crippen LogP) is 3.27. The van der Waals surface area contributed by atoms with Crippen molar-refractivity contribution in [2.75, 3.05) is 44.7 Å². The second-order valence-electron chi connectivity index (χ2n) is 10.1. The van der Waals surface area contributed by atoms with Gasteiger partial charge in [0.05, 0.1) is 28.5 Å². The second kappa shape index (κ2) is 10.7. The van der Waals surface area contributed by atoms with E-state index in [0.29, 0.717) is 32.3 Å². The molecule has 38 heavy (non-hydrogen) atoms. The fourth-order valence-corrected chi connectivity index (χ4v) is 5.94. The first-order valence-corrected chi connectivity index (χ1v) is 13.9. The number of ether oxygens (including phenoxy) is 1. The average Bonchev–Trinajstić information content (AvgIpc) is 3.48. The van der Waals surface area contributed by atoms with E-state index in [9.17, 15) is 9.59 Å². The van der Waals surface area contributed by atoms with Gasteiger partial charge in [0.25, 0.3) is 5.56 Å². The Kier molecular flexibility index (Phi) is 7.40. The molecule has 5 rings (SSSR count). The average molecular weight is 535 g/mol. The number of esters is 1. The van der Waals surface area contributed by atoms with Gasteiger partial charge in [-0.1, -0.05) is 49.4 Å². The number of rotatable bonds is 6. The molecule has 0 saturated carbocycles. The molecule has 1 atom stereocenters. The van der Waals surface area contributed by atoms with E-state index in [2.05, 4.69) is 47.8 Å². The molecule has 3 aromatic rings. The standard InChI is InChI=1S/C29H34N4O4S/c1-6-36-28(35)25-19(4)30-29-33(26(25)21-9-7-20(8-10-21)18(2)3)27(34)23(38-29)17-22-11-12-24(37-22)32-15-13-31(5)14-16-32/h7-12,17-18,26H,6,13-16H2,1-5H3/b23-17+/t26-/m1/s1. The summed E-state index contributed by atoms with van der Waals surface area (Å²) in [5, 5.41) is 0. The van der Waals surface area contributed by atoms with Crippen molar-refractivity contribution in [2.24, 2.45) is 4.99 Å². The molecule has 1 saturated heterocycles. The van der Waals surface area contributed by atoms with Gasteiger partial charge in [-0.05, 0) is 44.0 Å². The molecule has 0 N–H and O–H groups in total. The summed E-state index contributed by atoms with van der Waals surface area (Å²) in [4.78, 5) is 36.6. The number of hydrogen-bond donors (Lipinski definition) is 0. The van der Waals surface area contributed by atoms with Crippen molar-refractivity contribution in [2.45, 2.75) is 39.7 Å². The van der Waals surface area contributed by atoms with Crippen molar-refractivity contribution in [1.29, 1.82) is 0 Å². The first kappa shape index (κ1) is 26.2. The molecular formula is C29H34N4O4S. The quantitative estimate of drug-likeness (QED) is 0.452. The Balaban J connectivity index is 1.57. The number of thiazole rings is 1. The van der Waals surface area contributed by atoms with E-state index in [1.807, 2.05) is 24.3 Å². The maximum atomic E-state index is 13.8. The van der Waals surface area contributed by atoms with Gasteiger partial charge in [0.15, 0.2) is 10.7 Å². The molecule has 0 bridgehead atoms. The highest BCUT2D eigenvalue weighted by atomic mass is 32.1. The van der Waals surface area contributed by atoms with E-state index in [1.54, 1.807) is 24.5 Å². The summed E-state index contributed by atoms with van der Waals surface area (Å²) in [6.45, 7) is 11.8. The Morgan fingerprint density at radius 1 is 1.16 bits per heavy atom. The molecule has 8 nitrogen and oxygen atoms in total. The van der Waals surface area contributed by atoms with Crippen LogP contribution in [0.5, 0.6) is 0 Å². The van der Waals surface area contributed by atoms with Crippen LogP contribution in [0.3, 0.4) is 0 Å². The number of furan rings is 1. The number of fused-ring (bicyclic) bond motifs is 1. The largest absolute Gasteiger partial charge is 0.463 e. The van der Waals surface area contributed by atoms with Crippen LogP contribution in [0.4, 0.5) is 5.88 Å². The summed E-state index contributed by atoms with van der Waals surface area (Å²) in [6, 6.07) is 11.3. The zero-order chi connectivity index (χ0) is 27.0. The molecule has 9 heteroatoms. The number of hydrogen-bond acceptors (Lipinski definition) is 8. The fourth-order valence-electron chi connectivity index (χ4n) is 4.92. The summed E-state index contributed by atoms with van der Waals surface area (Å²) in [5.41, 5.74) is 2.77. The van der Waals surface area contributed by atoms with E-state index in [4.69, 9.17) is 9.15 Å². The van der Waals surface area contributed by atoms with Crippen LogP contribution in [0.25, 0.3) is 6.08 Å². The normalized spacial score (nSPS) is 18.6. The maximum absolute atomic E-state index is 13.8. The lowest BCUT2D eigenvalue weighted by Gasteiger charge is -2.32. The zero-order valence-corrected chi connectivity index (χ0v) is 23.4. The molecule has 2 aliphatic heterocycles. The van der Waals surface area contributed by atoms with Crippen LogP contribution >= 0.6 is 11.3 Å². The molecule has 2 aliphatic rings. The molecule has 0 radical (unpaired) electrons. The molecule has 1 aromatic carbocycles. The Labute approximate surface area is 226 Å². The number of nitrogens with zero attached hydrogens (tertiary/aromatic N) is 4. The Bertz CT molecular complexity index is 1540. The van der Waals surface area contributed by atoms with E-state index in [1.165, 1.54) is 16.9 Å². The number of anilines is 1. The third-order valence-corrected chi connectivity index (χ3v) is 8.12. The van der Waals surface area contributed by atoms with Crippen molar-refractivity contribution in [3.8, 4) is 0 Å². The first-order valence-electron chi connectivity index (χ1n) is 13.1. The van der Waals surface area contributed by atoms with Crippen molar-refractivity contribution < 1.29 is 13.9 Å². The zero-order valence-electron chi connectivity index (χ0n) is 22.6. The van der Waals surface area contributed by atoms with Crippen molar-refractivity contribution >= 4 is 29.3 Å². The monoisotopic (exact) mass is 534 g/mol. The Morgan fingerprint density at radius 3 is 2.53 bits per heavy atom. The van der Waals surface area contributed by atoms with E-state index >= 15 is 0 Å². The number of likely N-dealkylation sites (N-methyl/N-ethyl adjacent to an activating group) is 1. The second-order valence-corrected chi connectivity index (χ2v) is 11.1. The van der Waals surface area contributed by atoms with Gasteiger partial charge in [-0.2, -0.15) is 0 Å². The number of allylic oxidation sites excluding steroid dienone is 1. The molecule has 0 spiro atoms. The SMILES string of the molecule is CCOC(=O)C1=C(C)N=c2s/c(=C/c3ccc(N4CCN(C)CC4)o3)c(=O)n2[C@@H]1c1ccc(C(C)C)cc1. The van der Waals surface area contributed by atoms with Crippen molar-refractivity contribution in [3.63, 3.8) is 0 Å². The van der Waals surface area contributed by atoms with Gasteiger partial charge in [-0.3, -0.25) is 9.36 Å². The summed E-state index contributed by atoms with van der Waals surface area (Å²) < 4.78 is 13.6. The summed E-state index contributed by atoms with van der Waals surface area (Å²) in [5.74, 6) is 1.34. The number of benzene rings is 1. The summed E-state index contributed by atoms with van der Waals surface area (Å²) in [7, 11) is 2.12. The third-order valence-electron chi connectivity index (χ3n) is 7.14. The minimum atomic E-state index is -0.619. The molecule has 1 fully saturated rings. The molecule has 200 valence electrons. The third kappa shape index (κ3) is 5.00. The highest BCUT2D eigenvalue weighted by Crippen LogP contribution is 2.31. The smallest absolute Gasteiger partial charge is 0.338 e. The van der Waals surface area contributed by atoms with Gasteiger partial charge in [-0.15, -0.1) is 0 Å². The van der Waals surface area contributed by atoms with E-state index < -0.39 is 12.0 Å². The van der Waals surface area contributed by atoms with Crippen molar-refractivity contribution in [3.05, 3.63) is 84.2 Å². The molecular weight excluding hydrogens is 500 g/mol. The van der Waals surface area contributed by atoms with Gasteiger partial charge in [-0.25, -0.2) is 9.79 Å². The minimum absolute atomic E-state index is 0.210. The molecule has 0 unspecified atom stereocenters. The van der Waals surface area contributed by atoms with Crippen LogP contribution in [0.1, 0.15) is 56.5 Å². The predicted molar refractivity (Wildman–Crippen MR) is 149 cm³/mol. The van der Waals surface area contributed by atoms with Gasteiger partial charge in [0, 0.05) is 38.3 Å². The Hall–Kier alpha value is -3.43. The fraction of sp³-hybridized carbons (Fsp3) is 0.414. The van der Waals surface area contributed by atoms with Gasteiger partial charge in [0.2, 0.25) is 0 Å². The van der Waals surface area contributed by atoms with Crippen LogP contribution in [0.2, 0.25) is 0 Å². The number of carbonyl (C=O) groups is 1. The first-order chi connectivity index (χ1) is 18.3. The van der Waals surface area contributed by atoms with Gasteiger partial charge < -0.3 is 19.0 Å². The van der Waals surface area contributed by atoms with Crippen LogP contribution in [-0.2, 0) is 9.53 Å². The lowest BCUT2D eigenvalue weighted by atomic mass is 9.93. The highest BCUT2D eigenvalue weighted by Gasteiger charge is 2.33. The molecule has 2 aromatic heterocycles. The molecule has 0 aliphatic carbocycles. The van der Waals surface area contributed by atoms with E-state index in [-0.39, 0.29) is 12.2 Å². The molecule has 0 amide bonds. The topological polar surface area (TPSA) is 80.3 Å². The van der Waals surface area contributed by atoms with Crippen LogP contribution < -0.4 is 19.8 Å². The number of carbonyl (C=O) groups excluding carboxylic acids is 1. The van der Waals surface area contributed by atoms with Gasteiger partial charge >= 0.3 is 5.97 Å². The van der Waals surface area contributed by atoms with E-state index in [0.717, 1.165) is 37.6 Å². The highest BCUT2D eigenvalue weighted by molar-refractivity contribution is 7.07. The molecule has 4 heterocycles. The van der Waals surface area contributed by atoms with Crippen LogP contribution in [0, 0.1) is 0 Å². The maximum Gasteiger partial charge on any atom is 0.338 e. The number of piperazine rings is 1. The lowest BCUT2D eigenvalue weighted by molar-refractivity contribution is -0.139. The summed E-state index contributed by atoms with van der Waals surface area (Å²) in [6.07, 6.45) is 1.77. The number of aromatic nitrogens is 1. The van der Waals surface area contributed by atoms with Gasteiger partial charge in [0.1, 0.15) is 5.76 Å². The summed E-state index contributed by atoms with van der Waals surface area (Å²) >= 11 is 1.30. The van der Waals surface area contributed by atoms with Crippen molar-refractivity contribution in [1.82, 2.24) is 9.47 Å². The minimum Gasteiger partial charge on any atom is -0.463 e. The van der Waals surface area contributed by atoms with Crippen LogP contribution in [0.15, 0.2) is 61.9 Å². The lowest BCUT2D eigenvalue weighted by Crippen LogP contribution is -2.44. The van der Waals surface area contributed by atoms with Crippen LogP contribution in [-0.4, -0.2) is 55.3 Å². The Morgan fingerprint density at radius 2 is 1.87 bits per heavy atom.